The minimum absolute atomic E-state index is 0.0644. The lowest BCUT2D eigenvalue weighted by atomic mass is 10.2. The third-order valence-corrected chi connectivity index (χ3v) is 5.78. The van der Waals surface area contributed by atoms with E-state index in [1.54, 1.807) is 37.3 Å². The van der Waals surface area contributed by atoms with Gasteiger partial charge in [0.05, 0.1) is 22.9 Å². The highest BCUT2D eigenvalue weighted by Crippen LogP contribution is 2.30. The summed E-state index contributed by atoms with van der Waals surface area (Å²) in [5, 5.41) is 3.30. The van der Waals surface area contributed by atoms with E-state index in [1.807, 2.05) is 0 Å². The standard InChI is InChI=1S/C21H18Cl2N2O4S/c1-2-29-20-9-8-18(13-19(20)24-21(26)14-6-4-3-5-7-14)30(27,28)25-17-11-15(22)10-16(23)12-17/h3-13,25H,2H2,1H3,(H,24,26). The SMILES string of the molecule is CCOc1ccc(S(=O)(=O)Nc2cc(Cl)cc(Cl)c2)cc1NC(=O)c1ccccc1. The molecule has 0 aromatic heterocycles. The number of nitrogens with one attached hydrogen (secondary N) is 2. The molecule has 0 bridgehead atoms. The number of amides is 1. The number of hydrogen-bond acceptors (Lipinski definition) is 4. The van der Waals surface area contributed by atoms with Crippen molar-refractivity contribution >= 4 is 50.5 Å². The lowest BCUT2D eigenvalue weighted by Crippen LogP contribution is -2.16. The van der Waals surface area contributed by atoms with Crippen LogP contribution in [0.5, 0.6) is 5.75 Å². The zero-order chi connectivity index (χ0) is 21.7. The molecule has 3 rings (SSSR count). The molecule has 6 nitrogen and oxygen atoms in total. The van der Waals surface area contributed by atoms with Crippen LogP contribution in [0, 0.1) is 0 Å². The molecule has 0 atom stereocenters. The van der Waals surface area contributed by atoms with E-state index >= 15 is 0 Å². The van der Waals surface area contributed by atoms with E-state index in [2.05, 4.69) is 10.0 Å². The summed E-state index contributed by atoms with van der Waals surface area (Å²) in [5.74, 6) is -0.0350. The third-order valence-electron chi connectivity index (χ3n) is 3.96. The number of anilines is 2. The number of sulfonamides is 1. The van der Waals surface area contributed by atoms with Crippen LogP contribution in [-0.4, -0.2) is 20.9 Å². The molecule has 0 saturated heterocycles. The molecule has 0 aliphatic rings. The average Bonchev–Trinajstić information content (AvgIpc) is 2.69. The van der Waals surface area contributed by atoms with Crippen molar-refractivity contribution in [1.82, 2.24) is 0 Å². The van der Waals surface area contributed by atoms with Gasteiger partial charge in [-0.15, -0.1) is 0 Å². The smallest absolute Gasteiger partial charge is 0.261 e. The molecule has 30 heavy (non-hydrogen) atoms. The maximum atomic E-state index is 12.9. The molecule has 0 aliphatic heterocycles. The number of carbonyl (C=O) groups is 1. The molecule has 0 fully saturated rings. The van der Waals surface area contributed by atoms with Gasteiger partial charge in [-0.05, 0) is 55.5 Å². The van der Waals surface area contributed by atoms with Gasteiger partial charge in [-0.1, -0.05) is 41.4 Å². The van der Waals surface area contributed by atoms with Crippen LogP contribution < -0.4 is 14.8 Å². The van der Waals surface area contributed by atoms with E-state index in [4.69, 9.17) is 27.9 Å². The molecule has 3 aromatic carbocycles. The highest BCUT2D eigenvalue weighted by Gasteiger charge is 2.19. The fourth-order valence-corrected chi connectivity index (χ4v) is 4.26. The Labute approximate surface area is 184 Å². The van der Waals surface area contributed by atoms with Gasteiger partial charge in [0.15, 0.2) is 0 Å². The minimum atomic E-state index is -3.98. The molecule has 9 heteroatoms. The Hall–Kier alpha value is -2.74. The number of benzene rings is 3. The second kappa shape index (κ2) is 9.38. The second-order valence-electron chi connectivity index (χ2n) is 6.17. The number of ether oxygens (including phenoxy) is 1. The molecule has 0 heterocycles. The summed E-state index contributed by atoms with van der Waals surface area (Å²) in [6.45, 7) is 2.14. The van der Waals surface area contributed by atoms with Gasteiger partial charge in [0, 0.05) is 15.6 Å². The summed E-state index contributed by atoms with van der Waals surface area (Å²) in [7, 11) is -3.98. The predicted octanol–water partition coefficient (Wildman–Crippen LogP) is 5.45. The van der Waals surface area contributed by atoms with Crippen LogP contribution in [-0.2, 0) is 10.0 Å². The third kappa shape index (κ3) is 5.44. The van der Waals surface area contributed by atoms with Crippen LogP contribution in [0.2, 0.25) is 10.0 Å². The summed E-state index contributed by atoms with van der Waals surface area (Å²) in [4.78, 5) is 12.5. The van der Waals surface area contributed by atoms with Gasteiger partial charge < -0.3 is 10.1 Å². The molecule has 0 spiro atoms. The molecule has 0 aliphatic carbocycles. The lowest BCUT2D eigenvalue weighted by molar-refractivity contribution is 0.102. The van der Waals surface area contributed by atoms with Crippen LogP contribution >= 0.6 is 23.2 Å². The van der Waals surface area contributed by atoms with Crippen molar-refractivity contribution in [1.29, 1.82) is 0 Å². The van der Waals surface area contributed by atoms with Gasteiger partial charge >= 0.3 is 0 Å². The highest BCUT2D eigenvalue weighted by atomic mass is 35.5. The first-order valence-electron chi connectivity index (χ1n) is 8.90. The van der Waals surface area contributed by atoms with Gasteiger partial charge in [0.2, 0.25) is 0 Å². The normalized spacial score (nSPS) is 11.0. The summed E-state index contributed by atoms with van der Waals surface area (Å²) in [6, 6.07) is 17.2. The zero-order valence-electron chi connectivity index (χ0n) is 15.9. The summed E-state index contributed by atoms with van der Waals surface area (Å²) >= 11 is 11.9. The average molecular weight is 465 g/mol. The van der Waals surface area contributed by atoms with Gasteiger partial charge in [-0.2, -0.15) is 0 Å². The van der Waals surface area contributed by atoms with E-state index in [-0.39, 0.29) is 22.2 Å². The van der Waals surface area contributed by atoms with Crippen molar-refractivity contribution < 1.29 is 17.9 Å². The molecular weight excluding hydrogens is 447 g/mol. The number of halogens is 2. The first kappa shape index (κ1) is 22.0. The van der Waals surface area contributed by atoms with Crippen LogP contribution in [0.25, 0.3) is 0 Å². The number of rotatable bonds is 7. The molecule has 1 amide bonds. The Kier molecular flexibility index (Phi) is 6.87. The van der Waals surface area contributed by atoms with Crippen molar-refractivity contribution in [2.24, 2.45) is 0 Å². The van der Waals surface area contributed by atoms with E-state index in [1.165, 1.54) is 36.4 Å². The molecular formula is C21H18Cl2N2O4S. The fraction of sp³-hybridized carbons (Fsp3) is 0.0952. The Morgan fingerprint density at radius 1 is 0.967 bits per heavy atom. The van der Waals surface area contributed by atoms with Gasteiger partial charge in [0.25, 0.3) is 15.9 Å². The topological polar surface area (TPSA) is 84.5 Å². The van der Waals surface area contributed by atoms with Crippen LogP contribution in [0.4, 0.5) is 11.4 Å². The molecule has 0 unspecified atom stereocenters. The van der Waals surface area contributed by atoms with E-state index < -0.39 is 10.0 Å². The largest absolute Gasteiger partial charge is 0.492 e. The highest BCUT2D eigenvalue weighted by molar-refractivity contribution is 7.92. The molecule has 0 saturated carbocycles. The van der Waals surface area contributed by atoms with Crippen LogP contribution in [0.1, 0.15) is 17.3 Å². The number of carbonyl (C=O) groups excluding carboxylic acids is 1. The maximum Gasteiger partial charge on any atom is 0.261 e. The number of hydrogen-bond donors (Lipinski definition) is 2. The van der Waals surface area contributed by atoms with E-state index in [9.17, 15) is 13.2 Å². The van der Waals surface area contributed by atoms with Crippen molar-refractivity contribution in [2.75, 3.05) is 16.6 Å². The molecule has 3 aromatic rings. The van der Waals surface area contributed by atoms with E-state index in [0.717, 1.165) is 0 Å². The quantitative estimate of drug-likeness (QED) is 0.486. The van der Waals surface area contributed by atoms with Crippen molar-refractivity contribution in [2.45, 2.75) is 11.8 Å². The molecule has 0 radical (unpaired) electrons. The first-order chi connectivity index (χ1) is 14.3. The Morgan fingerprint density at radius 3 is 2.27 bits per heavy atom. The first-order valence-corrected chi connectivity index (χ1v) is 11.1. The summed E-state index contributed by atoms with van der Waals surface area (Å²) in [6.07, 6.45) is 0. The van der Waals surface area contributed by atoms with Crippen molar-refractivity contribution in [3.8, 4) is 5.75 Å². The Balaban J connectivity index is 1.93. The van der Waals surface area contributed by atoms with Gasteiger partial charge in [-0.3, -0.25) is 9.52 Å². The van der Waals surface area contributed by atoms with Crippen LogP contribution in [0.3, 0.4) is 0 Å². The maximum absolute atomic E-state index is 12.9. The van der Waals surface area contributed by atoms with Crippen molar-refractivity contribution in [3.63, 3.8) is 0 Å². The molecule has 156 valence electrons. The summed E-state index contributed by atoms with van der Waals surface area (Å²) < 4.78 is 33.7. The summed E-state index contributed by atoms with van der Waals surface area (Å²) in [5.41, 5.74) is 0.883. The minimum Gasteiger partial charge on any atom is -0.492 e. The van der Waals surface area contributed by atoms with Gasteiger partial charge in [-0.25, -0.2) is 8.42 Å². The van der Waals surface area contributed by atoms with Crippen LogP contribution in [0.15, 0.2) is 71.6 Å². The Bertz CT molecular complexity index is 1150. The van der Waals surface area contributed by atoms with Gasteiger partial charge in [0.1, 0.15) is 5.75 Å². The predicted molar refractivity (Wildman–Crippen MR) is 119 cm³/mol. The lowest BCUT2D eigenvalue weighted by Gasteiger charge is -2.14. The fourth-order valence-electron chi connectivity index (χ4n) is 2.67. The molecule has 2 N–H and O–H groups in total. The zero-order valence-corrected chi connectivity index (χ0v) is 18.2. The Morgan fingerprint density at radius 2 is 1.63 bits per heavy atom. The second-order valence-corrected chi connectivity index (χ2v) is 8.73. The van der Waals surface area contributed by atoms with E-state index in [0.29, 0.717) is 28.0 Å². The van der Waals surface area contributed by atoms with Crippen molar-refractivity contribution in [3.05, 3.63) is 82.3 Å². The monoisotopic (exact) mass is 464 g/mol.